The smallest absolute Gasteiger partial charge is 0.326 e. The Bertz CT molecular complexity index is 1150. The molecular formula is C25H23BrCl2N2O4. The first-order valence-electron chi connectivity index (χ1n) is 11.0. The summed E-state index contributed by atoms with van der Waals surface area (Å²) >= 11 is 15.5. The van der Waals surface area contributed by atoms with Gasteiger partial charge >= 0.3 is 5.97 Å². The van der Waals surface area contributed by atoms with Crippen molar-refractivity contribution in [2.45, 2.75) is 44.6 Å². The van der Waals surface area contributed by atoms with E-state index in [4.69, 9.17) is 23.2 Å². The van der Waals surface area contributed by atoms with Crippen LogP contribution in [-0.2, 0) is 16.0 Å². The van der Waals surface area contributed by atoms with Crippen LogP contribution in [0.5, 0.6) is 0 Å². The summed E-state index contributed by atoms with van der Waals surface area (Å²) in [6.45, 7) is 0. The van der Waals surface area contributed by atoms with Crippen molar-refractivity contribution in [2.75, 3.05) is 5.32 Å². The van der Waals surface area contributed by atoms with Crippen LogP contribution in [0.2, 0.25) is 10.0 Å². The maximum absolute atomic E-state index is 12.6. The van der Waals surface area contributed by atoms with Crippen LogP contribution in [0.3, 0.4) is 0 Å². The van der Waals surface area contributed by atoms with Crippen LogP contribution in [0, 0.1) is 5.41 Å². The van der Waals surface area contributed by atoms with E-state index in [0.717, 1.165) is 37.7 Å². The van der Waals surface area contributed by atoms with Gasteiger partial charge in [0.2, 0.25) is 0 Å². The molecule has 2 aliphatic carbocycles. The van der Waals surface area contributed by atoms with Crippen molar-refractivity contribution in [3.05, 3.63) is 73.8 Å². The van der Waals surface area contributed by atoms with Gasteiger partial charge in [0.1, 0.15) is 6.04 Å². The van der Waals surface area contributed by atoms with Gasteiger partial charge in [-0.2, -0.15) is 0 Å². The van der Waals surface area contributed by atoms with Gasteiger partial charge in [-0.15, -0.1) is 0 Å². The summed E-state index contributed by atoms with van der Waals surface area (Å²) in [6.07, 6.45) is 4.73. The predicted octanol–water partition coefficient (Wildman–Crippen LogP) is 5.97. The molecule has 3 N–H and O–H groups in total. The Morgan fingerprint density at radius 3 is 2.24 bits per heavy atom. The number of rotatable bonds is 7. The van der Waals surface area contributed by atoms with E-state index in [2.05, 4.69) is 26.6 Å². The lowest BCUT2D eigenvalue weighted by Crippen LogP contribution is -2.53. The SMILES string of the molecule is O=C(Nc1ccc(C[C@H](NC2=C(Br)C(=O)C23CCCCC3)C(=O)O)cc1)c1c(Cl)cccc1Cl. The number of ketones is 1. The number of Topliss-reactive ketones (excluding diaryl/α,β-unsaturated/α-hetero) is 1. The highest BCUT2D eigenvalue weighted by Crippen LogP contribution is 2.53. The van der Waals surface area contributed by atoms with Crippen LogP contribution >= 0.6 is 39.1 Å². The van der Waals surface area contributed by atoms with Gasteiger partial charge in [0.15, 0.2) is 5.78 Å². The van der Waals surface area contributed by atoms with E-state index in [1.165, 1.54) is 0 Å². The number of allylic oxidation sites excluding steroid dienone is 2. The summed E-state index contributed by atoms with van der Waals surface area (Å²) in [4.78, 5) is 37.2. The second kappa shape index (κ2) is 10.1. The third-order valence-corrected chi connectivity index (χ3v) is 7.88. The van der Waals surface area contributed by atoms with E-state index < -0.39 is 23.3 Å². The van der Waals surface area contributed by atoms with Crippen LogP contribution in [0.1, 0.15) is 48.0 Å². The van der Waals surface area contributed by atoms with E-state index in [0.29, 0.717) is 15.9 Å². The second-order valence-electron chi connectivity index (χ2n) is 8.65. The Hall–Kier alpha value is -2.35. The number of amides is 1. The van der Waals surface area contributed by atoms with Gasteiger partial charge in [-0.25, -0.2) is 4.79 Å². The fourth-order valence-electron chi connectivity index (χ4n) is 4.66. The molecule has 1 fully saturated rings. The topological polar surface area (TPSA) is 95.5 Å². The van der Waals surface area contributed by atoms with Gasteiger partial charge < -0.3 is 15.7 Å². The highest BCUT2D eigenvalue weighted by Gasteiger charge is 2.53. The predicted molar refractivity (Wildman–Crippen MR) is 136 cm³/mol. The Morgan fingerprint density at radius 2 is 1.65 bits per heavy atom. The maximum Gasteiger partial charge on any atom is 0.326 e. The van der Waals surface area contributed by atoms with E-state index in [1.807, 2.05) is 0 Å². The van der Waals surface area contributed by atoms with Gasteiger partial charge in [0.05, 0.1) is 25.5 Å². The molecular weight excluding hydrogens is 543 g/mol. The van der Waals surface area contributed by atoms with Crippen molar-refractivity contribution in [1.82, 2.24) is 5.32 Å². The summed E-state index contributed by atoms with van der Waals surface area (Å²) in [7, 11) is 0. The first-order valence-corrected chi connectivity index (χ1v) is 12.6. The molecule has 178 valence electrons. The van der Waals surface area contributed by atoms with Crippen molar-refractivity contribution in [2.24, 2.45) is 5.41 Å². The Morgan fingerprint density at radius 1 is 1.03 bits per heavy atom. The standard InChI is InChI=1S/C25H23BrCl2N2O4/c26-20-21(25(22(20)31)11-2-1-3-12-25)30-18(24(33)34)13-14-7-9-15(10-8-14)29-23(32)19-16(27)5-4-6-17(19)28/h4-10,18,30H,1-3,11-13H2,(H,29,32)(H,33,34)/t18-/m0/s1. The molecule has 0 saturated heterocycles. The Kier molecular flexibility index (Phi) is 7.36. The molecule has 2 aromatic carbocycles. The normalized spacial score (nSPS) is 17.8. The molecule has 2 aliphatic rings. The van der Waals surface area contributed by atoms with Gasteiger partial charge in [-0.05, 0) is 58.6 Å². The molecule has 1 amide bonds. The van der Waals surface area contributed by atoms with E-state index in [9.17, 15) is 19.5 Å². The first kappa shape index (κ1) is 24.8. The van der Waals surface area contributed by atoms with E-state index in [-0.39, 0.29) is 27.8 Å². The van der Waals surface area contributed by atoms with E-state index in [1.54, 1.807) is 42.5 Å². The molecule has 1 spiro atoms. The number of carboxylic acids is 1. The summed E-state index contributed by atoms with van der Waals surface area (Å²) in [5.74, 6) is -1.36. The second-order valence-corrected chi connectivity index (χ2v) is 10.3. The number of hydrogen-bond donors (Lipinski definition) is 3. The zero-order chi connectivity index (χ0) is 24.5. The van der Waals surface area contributed by atoms with Gasteiger partial charge in [-0.1, -0.05) is 60.7 Å². The lowest BCUT2D eigenvalue weighted by molar-refractivity contribution is -0.140. The Labute approximate surface area is 215 Å². The number of benzene rings is 2. The molecule has 0 radical (unpaired) electrons. The maximum atomic E-state index is 12.6. The lowest BCUT2D eigenvalue weighted by atomic mass is 9.62. The summed E-state index contributed by atoms with van der Waals surface area (Å²) < 4.78 is 0.456. The van der Waals surface area contributed by atoms with Crippen LogP contribution in [0.4, 0.5) is 5.69 Å². The van der Waals surface area contributed by atoms with Crippen molar-refractivity contribution >= 4 is 62.5 Å². The number of anilines is 1. The van der Waals surface area contributed by atoms with Crippen LogP contribution in [-0.4, -0.2) is 28.8 Å². The molecule has 0 aliphatic heterocycles. The molecule has 34 heavy (non-hydrogen) atoms. The molecule has 1 saturated carbocycles. The van der Waals surface area contributed by atoms with Gasteiger partial charge in [-0.3, -0.25) is 9.59 Å². The van der Waals surface area contributed by atoms with Crippen molar-refractivity contribution in [3.63, 3.8) is 0 Å². The fraction of sp³-hybridized carbons (Fsp3) is 0.320. The molecule has 0 heterocycles. The van der Waals surface area contributed by atoms with Crippen molar-refractivity contribution < 1.29 is 19.5 Å². The number of aliphatic carboxylic acids is 1. The van der Waals surface area contributed by atoms with Gasteiger partial charge in [0.25, 0.3) is 5.91 Å². The minimum atomic E-state index is -0.996. The molecule has 1 atom stereocenters. The number of halogens is 3. The average Bonchev–Trinajstić information content (AvgIpc) is 2.82. The zero-order valence-corrected chi connectivity index (χ0v) is 21.3. The lowest BCUT2D eigenvalue weighted by Gasteiger charge is -2.46. The van der Waals surface area contributed by atoms with Crippen LogP contribution in [0.15, 0.2) is 52.6 Å². The average molecular weight is 566 g/mol. The Balaban J connectivity index is 1.45. The molecule has 4 rings (SSSR count). The number of carbonyl (C=O) groups excluding carboxylic acids is 2. The summed E-state index contributed by atoms with van der Waals surface area (Å²) in [5, 5.41) is 16.2. The largest absolute Gasteiger partial charge is 0.480 e. The number of carbonyl (C=O) groups is 3. The minimum Gasteiger partial charge on any atom is -0.480 e. The number of nitrogens with one attached hydrogen (secondary N) is 2. The molecule has 9 heteroatoms. The van der Waals surface area contributed by atoms with Crippen LogP contribution < -0.4 is 10.6 Å². The molecule has 0 aromatic heterocycles. The van der Waals surface area contributed by atoms with Crippen LogP contribution in [0.25, 0.3) is 0 Å². The minimum absolute atomic E-state index is 0.0672. The third-order valence-electron chi connectivity index (χ3n) is 6.50. The monoisotopic (exact) mass is 564 g/mol. The fourth-order valence-corrected chi connectivity index (χ4v) is 6.10. The molecule has 0 bridgehead atoms. The number of carboxylic acid groups (broad SMARTS) is 1. The van der Waals surface area contributed by atoms with Crippen molar-refractivity contribution in [3.8, 4) is 0 Å². The molecule has 0 unspecified atom stereocenters. The quantitative estimate of drug-likeness (QED) is 0.384. The zero-order valence-electron chi connectivity index (χ0n) is 18.2. The molecule has 2 aromatic rings. The first-order chi connectivity index (χ1) is 16.2. The van der Waals surface area contributed by atoms with Crippen molar-refractivity contribution in [1.29, 1.82) is 0 Å². The molecule has 6 nitrogen and oxygen atoms in total. The summed E-state index contributed by atoms with van der Waals surface area (Å²) in [6, 6.07) is 10.9. The number of hydrogen-bond acceptors (Lipinski definition) is 4. The van der Waals surface area contributed by atoms with E-state index >= 15 is 0 Å². The van der Waals surface area contributed by atoms with Gasteiger partial charge in [0, 0.05) is 17.8 Å². The third kappa shape index (κ3) is 4.74. The highest BCUT2D eigenvalue weighted by molar-refractivity contribution is 9.12. The highest BCUT2D eigenvalue weighted by atomic mass is 79.9. The summed E-state index contributed by atoms with van der Waals surface area (Å²) in [5.41, 5.74) is 1.63.